The third-order valence-corrected chi connectivity index (χ3v) is 5.34. The molecule has 0 saturated heterocycles. The summed E-state index contributed by atoms with van der Waals surface area (Å²) in [5, 5.41) is 4.22. The van der Waals surface area contributed by atoms with E-state index in [2.05, 4.69) is 29.6 Å². The van der Waals surface area contributed by atoms with E-state index in [4.69, 9.17) is 23.2 Å². The molecule has 0 bridgehead atoms. The summed E-state index contributed by atoms with van der Waals surface area (Å²) in [4.78, 5) is 14.8. The van der Waals surface area contributed by atoms with Gasteiger partial charge in [0.1, 0.15) is 0 Å². The monoisotopic (exact) mass is 426 g/mol. The maximum Gasteiger partial charge on any atom is 0.322 e. The Morgan fingerprint density at radius 2 is 1.52 bits per heavy atom. The lowest BCUT2D eigenvalue weighted by atomic mass is 10.1. The first-order chi connectivity index (χ1) is 13.9. The quantitative estimate of drug-likeness (QED) is 0.457. The highest BCUT2D eigenvalue weighted by Crippen LogP contribution is 2.22. The second-order valence-electron chi connectivity index (χ2n) is 7.19. The first-order valence-corrected chi connectivity index (χ1v) is 10.3. The second-order valence-corrected chi connectivity index (χ2v) is 8.03. The number of carbonyl (C=O) groups excluding carboxylic acids is 1. The Morgan fingerprint density at radius 1 is 0.897 bits per heavy atom. The van der Waals surface area contributed by atoms with Crippen molar-refractivity contribution in [3.8, 4) is 0 Å². The van der Waals surface area contributed by atoms with E-state index >= 15 is 0 Å². The van der Waals surface area contributed by atoms with Crippen LogP contribution < -0.4 is 5.32 Å². The lowest BCUT2D eigenvalue weighted by Crippen LogP contribution is -2.36. The molecule has 0 heterocycles. The fraction of sp³-hybridized carbons (Fsp3) is 0.208. The molecule has 1 N–H and O–H groups in total. The molecule has 3 nitrogen and oxygen atoms in total. The number of hydrogen-bond donors (Lipinski definition) is 1. The molecule has 29 heavy (non-hydrogen) atoms. The highest BCUT2D eigenvalue weighted by atomic mass is 35.5. The predicted octanol–water partition coefficient (Wildman–Crippen LogP) is 6.89. The van der Waals surface area contributed by atoms with Gasteiger partial charge >= 0.3 is 6.03 Å². The van der Waals surface area contributed by atoms with E-state index in [1.54, 1.807) is 11.0 Å². The first kappa shape index (κ1) is 21.2. The van der Waals surface area contributed by atoms with Crippen LogP contribution in [-0.4, -0.2) is 17.5 Å². The molecule has 5 heteroatoms. The largest absolute Gasteiger partial charge is 0.322 e. The first-order valence-electron chi connectivity index (χ1n) is 9.53. The van der Waals surface area contributed by atoms with Gasteiger partial charge in [0, 0.05) is 28.8 Å². The van der Waals surface area contributed by atoms with Gasteiger partial charge in [-0.05, 0) is 55.7 Å². The van der Waals surface area contributed by atoms with Gasteiger partial charge < -0.3 is 10.2 Å². The van der Waals surface area contributed by atoms with E-state index in [0.29, 0.717) is 29.6 Å². The Labute approximate surface area is 182 Å². The van der Waals surface area contributed by atoms with E-state index in [0.717, 1.165) is 22.4 Å². The number of amides is 2. The molecule has 0 saturated carbocycles. The molecule has 0 spiro atoms. The third-order valence-electron chi connectivity index (χ3n) is 4.75. The van der Waals surface area contributed by atoms with Gasteiger partial charge in [0.15, 0.2) is 0 Å². The molecule has 150 valence electrons. The molecule has 0 radical (unpaired) electrons. The summed E-state index contributed by atoms with van der Waals surface area (Å²) in [5.74, 6) is 0. The zero-order chi connectivity index (χ0) is 20.8. The van der Waals surface area contributed by atoms with Gasteiger partial charge in [-0.15, -0.1) is 0 Å². The highest BCUT2D eigenvalue weighted by molar-refractivity contribution is 6.35. The average molecular weight is 427 g/mol. The van der Waals surface area contributed by atoms with Crippen molar-refractivity contribution < 1.29 is 4.79 Å². The number of nitrogens with zero attached hydrogens (tertiary/aromatic N) is 1. The second kappa shape index (κ2) is 9.82. The SMILES string of the molecule is Cc1ccc(CN(CCc2ccc(Cl)cc2Cl)C(=O)Nc2ccc(C)cc2)cc1. The van der Waals surface area contributed by atoms with Gasteiger partial charge in [-0.1, -0.05) is 76.8 Å². The molecule has 0 aliphatic carbocycles. The molecule has 0 aliphatic rings. The number of nitrogens with one attached hydrogen (secondary N) is 1. The number of benzene rings is 3. The molecular weight excluding hydrogens is 403 g/mol. The molecule has 0 aliphatic heterocycles. The number of carbonyl (C=O) groups is 1. The molecule has 3 rings (SSSR count). The van der Waals surface area contributed by atoms with Crippen LogP contribution in [0.4, 0.5) is 10.5 Å². The summed E-state index contributed by atoms with van der Waals surface area (Å²) < 4.78 is 0. The lowest BCUT2D eigenvalue weighted by Gasteiger charge is -2.24. The maximum atomic E-state index is 13.0. The van der Waals surface area contributed by atoms with Crippen molar-refractivity contribution in [2.24, 2.45) is 0 Å². The van der Waals surface area contributed by atoms with Gasteiger partial charge in [-0.3, -0.25) is 0 Å². The van der Waals surface area contributed by atoms with E-state index in [-0.39, 0.29) is 6.03 Å². The Bertz CT molecular complexity index is 969. The minimum atomic E-state index is -0.139. The van der Waals surface area contributed by atoms with Crippen LogP contribution >= 0.6 is 23.2 Å². The zero-order valence-electron chi connectivity index (χ0n) is 16.6. The van der Waals surface area contributed by atoms with Gasteiger partial charge in [0.2, 0.25) is 0 Å². The van der Waals surface area contributed by atoms with Crippen molar-refractivity contribution in [1.29, 1.82) is 0 Å². The Kier molecular flexibility index (Phi) is 7.18. The zero-order valence-corrected chi connectivity index (χ0v) is 18.1. The number of anilines is 1. The smallest absolute Gasteiger partial charge is 0.320 e. The predicted molar refractivity (Wildman–Crippen MR) is 122 cm³/mol. The van der Waals surface area contributed by atoms with Crippen LogP contribution in [0.2, 0.25) is 10.0 Å². The molecule has 0 fully saturated rings. The van der Waals surface area contributed by atoms with Crippen LogP contribution in [0.1, 0.15) is 22.3 Å². The minimum absolute atomic E-state index is 0.139. The lowest BCUT2D eigenvalue weighted by molar-refractivity contribution is 0.210. The fourth-order valence-electron chi connectivity index (χ4n) is 2.99. The normalized spacial score (nSPS) is 10.6. The number of rotatable bonds is 6. The van der Waals surface area contributed by atoms with Gasteiger partial charge in [-0.2, -0.15) is 0 Å². The highest BCUT2D eigenvalue weighted by Gasteiger charge is 2.15. The van der Waals surface area contributed by atoms with Crippen molar-refractivity contribution in [3.63, 3.8) is 0 Å². The molecular formula is C24H24Cl2N2O. The standard InChI is InChI=1S/C24H24Cl2N2O/c1-17-3-7-19(8-4-17)16-28(14-13-20-9-10-21(25)15-23(20)26)24(29)27-22-11-5-18(2)6-12-22/h3-12,15H,13-14,16H2,1-2H3,(H,27,29). The number of aryl methyl sites for hydroxylation is 2. The van der Waals surface area contributed by atoms with E-state index < -0.39 is 0 Å². The topological polar surface area (TPSA) is 32.3 Å². The van der Waals surface area contributed by atoms with E-state index in [9.17, 15) is 4.79 Å². The van der Waals surface area contributed by atoms with E-state index in [1.165, 1.54) is 5.56 Å². The van der Waals surface area contributed by atoms with Crippen molar-refractivity contribution in [3.05, 3.63) is 99.0 Å². The maximum absolute atomic E-state index is 13.0. The van der Waals surface area contributed by atoms with Gasteiger partial charge in [0.25, 0.3) is 0 Å². The summed E-state index contributed by atoms with van der Waals surface area (Å²) in [6.45, 7) is 5.12. The molecule has 0 aromatic heterocycles. The van der Waals surface area contributed by atoms with Gasteiger partial charge in [-0.25, -0.2) is 4.79 Å². The summed E-state index contributed by atoms with van der Waals surface area (Å²) in [7, 11) is 0. The number of hydrogen-bond acceptors (Lipinski definition) is 1. The van der Waals surface area contributed by atoms with Crippen molar-refractivity contribution in [2.75, 3.05) is 11.9 Å². The average Bonchev–Trinajstić information content (AvgIpc) is 2.69. The van der Waals surface area contributed by atoms with Crippen LogP contribution in [-0.2, 0) is 13.0 Å². The molecule has 3 aromatic carbocycles. The molecule has 0 unspecified atom stereocenters. The summed E-state index contributed by atoms with van der Waals surface area (Å²) in [6.07, 6.45) is 0.642. The summed E-state index contributed by atoms with van der Waals surface area (Å²) in [5.41, 5.74) is 5.17. The fourth-order valence-corrected chi connectivity index (χ4v) is 3.49. The van der Waals surface area contributed by atoms with Crippen molar-refractivity contribution in [2.45, 2.75) is 26.8 Å². The number of halogens is 2. The molecule has 0 atom stereocenters. The van der Waals surface area contributed by atoms with Crippen LogP contribution in [0.15, 0.2) is 66.7 Å². The van der Waals surface area contributed by atoms with Crippen LogP contribution in [0.25, 0.3) is 0 Å². The Balaban J connectivity index is 1.75. The van der Waals surface area contributed by atoms with Crippen LogP contribution in [0, 0.1) is 13.8 Å². The van der Waals surface area contributed by atoms with Gasteiger partial charge in [0.05, 0.1) is 0 Å². The van der Waals surface area contributed by atoms with E-state index in [1.807, 2.05) is 50.2 Å². The minimum Gasteiger partial charge on any atom is -0.320 e. The Hall–Kier alpha value is -2.49. The molecule has 2 amide bonds. The summed E-state index contributed by atoms with van der Waals surface area (Å²) >= 11 is 12.3. The third kappa shape index (κ3) is 6.25. The van der Waals surface area contributed by atoms with Crippen molar-refractivity contribution >= 4 is 34.9 Å². The van der Waals surface area contributed by atoms with Crippen molar-refractivity contribution in [1.82, 2.24) is 4.90 Å². The molecule has 3 aromatic rings. The van der Waals surface area contributed by atoms with Crippen LogP contribution in [0.5, 0.6) is 0 Å². The number of urea groups is 1. The summed E-state index contributed by atoms with van der Waals surface area (Å²) in [6, 6.07) is 21.3. The Morgan fingerprint density at radius 3 is 2.14 bits per heavy atom. The van der Waals surface area contributed by atoms with Crippen LogP contribution in [0.3, 0.4) is 0 Å².